The maximum atomic E-state index is 4.43. The van der Waals surface area contributed by atoms with E-state index in [1.54, 1.807) is 0 Å². The van der Waals surface area contributed by atoms with E-state index in [9.17, 15) is 0 Å². The molecular weight excluding hydrogens is 222 g/mol. The van der Waals surface area contributed by atoms with Gasteiger partial charge in [-0.05, 0) is 43.7 Å². The lowest BCUT2D eigenvalue weighted by Crippen LogP contribution is -2.17. The van der Waals surface area contributed by atoms with Crippen molar-refractivity contribution in [3.8, 4) is 0 Å². The first-order valence-corrected chi connectivity index (χ1v) is 6.50. The third-order valence-electron chi connectivity index (χ3n) is 3.23. The molecule has 1 N–H and O–H groups in total. The van der Waals surface area contributed by atoms with Gasteiger partial charge in [0.2, 0.25) is 0 Å². The maximum absolute atomic E-state index is 4.43. The Labute approximate surface area is 109 Å². The van der Waals surface area contributed by atoms with Crippen molar-refractivity contribution < 1.29 is 0 Å². The molecule has 0 fully saturated rings. The maximum Gasteiger partial charge on any atom is 0.0645 e. The predicted octanol–water partition coefficient (Wildman–Crippen LogP) is 2.91. The van der Waals surface area contributed by atoms with E-state index in [0.29, 0.717) is 6.04 Å². The molecular formula is C15H21N3. The van der Waals surface area contributed by atoms with Gasteiger partial charge >= 0.3 is 0 Å². The van der Waals surface area contributed by atoms with Crippen molar-refractivity contribution in [2.45, 2.75) is 33.4 Å². The molecule has 0 aliphatic carbocycles. The van der Waals surface area contributed by atoms with E-state index in [-0.39, 0.29) is 0 Å². The highest BCUT2D eigenvalue weighted by atomic mass is 15.0. The van der Waals surface area contributed by atoms with Gasteiger partial charge in [-0.3, -0.25) is 4.98 Å². The van der Waals surface area contributed by atoms with Crippen molar-refractivity contribution in [3.63, 3.8) is 0 Å². The van der Waals surface area contributed by atoms with Gasteiger partial charge in [-0.2, -0.15) is 0 Å². The zero-order valence-electron chi connectivity index (χ0n) is 11.4. The normalized spacial score (nSPS) is 12.6. The lowest BCUT2D eigenvalue weighted by atomic mass is 10.2. The zero-order valence-corrected chi connectivity index (χ0v) is 11.4. The third kappa shape index (κ3) is 2.99. The third-order valence-corrected chi connectivity index (χ3v) is 3.23. The van der Waals surface area contributed by atoms with Crippen molar-refractivity contribution in [1.82, 2.24) is 14.9 Å². The topological polar surface area (TPSA) is 29.9 Å². The summed E-state index contributed by atoms with van der Waals surface area (Å²) in [5.41, 5.74) is 3.70. The van der Waals surface area contributed by atoms with Crippen molar-refractivity contribution in [1.29, 1.82) is 0 Å². The Hall–Kier alpha value is -1.61. The number of aromatic nitrogens is 2. The number of rotatable bonds is 5. The smallest absolute Gasteiger partial charge is 0.0645 e. The van der Waals surface area contributed by atoms with Crippen LogP contribution in [0.25, 0.3) is 0 Å². The van der Waals surface area contributed by atoms with Crippen LogP contribution in [0.15, 0.2) is 36.8 Å². The van der Waals surface area contributed by atoms with Crippen LogP contribution in [0, 0.1) is 6.92 Å². The van der Waals surface area contributed by atoms with E-state index in [4.69, 9.17) is 0 Å². The summed E-state index contributed by atoms with van der Waals surface area (Å²) in [5, 5.41) is 3.42. The molecule has 2 rings (SSSR count). The molecule has 0 bridgehead atoms. The largest absolute Gasteiger partial charge is 0.348 e. The molecule has 18 heavy (non-hydrogen) atoms. The van der Waals surface area contributed by atoms with E-state index >= 15 is 0 Å². The summed E-state index contributed by atoms with van der Waals surface area (Å²) in [7, 11) is 0. The minimum Gasteiger partial charge on any atom is -0.348 e. The Kier molecular flexibility index (Phi) is 4.15. The lowest BCUT2D eigenvalue weighted by Gasteiger charge is -2.10. The Balaban J connectivity index is 2.09. The number of hydrogen-bond donors (Lipinski definition) is 1. The Morgan fingerprint density at radius 3 is 2.94 bits per heavy atom. The Bertz CT molecular complexity index is 502. The molecule has 2 aromatic heterocycles. The van der Waals surface area contributed by atoms with Gasteiger partial charge < -0.3 is 9.88 Å². The number of nitrogens with one attached hydrogen (secondary N) is 1. The minimum atomic E-state index is 0.404. The van der Waals surface area contributed by atoms with Crippen LogP contribution >= 0.6 is 0 Å². The summed E-state index contributed by atoms with van der Waals surface area (Å²) < 4.78 is 2.19. The second-order valence-electron chi connectivity index (χ2n) is 4.66. The predicted molar refractivity (Wildman–Crippen MR) is 74.6 cm³/mol. The van der Waals surface area contributed by atoms with Crippen molar-refractivity contribution >= 4 is 0 Å². The van der Waals surface area contributed by atoms with E-state index in [1.807, 2.05) is 12.3 Å². The number of hydrogen-bond acceptors (Lipinski definition) is 2. The molecule has 0 amide bonds. The number of pyridine rings is 1. The minimum absolute atomic E-state index is 0.404. The van der Waals surface area contributed by atoms with Crippen molar-refractivity contribution in [2.75, 3.05) is 6.54 Å². The summed E-state index contributed by atoms with van der Waals surface area (Å²) >= 11 is 0. The number of nitrogens with zero attached hydrogens (tertiary/aromatic N) is 2. The second kappa shape index (κ2) is 5.83. The molecule has 0 saturated carbocycles. The van der Waals surface area contributed by atoms with Crippen LogP contribution in [-0.4, -0.2) is 16.1 Å². The van der Waals surface area contributed by atoms with Gasteiger partial charge in [-0.1, -0.05) is 13.0 Å². The van der Waals surface area contributed by atoms with Crippen LogP contribution in [0.1, 0.15) is 36.7 Å². The average Bonchev–Trinajstić information content (AvgIpc) is 2.81. The Morgan fingerprint density at radius 1 is 1.39 bits per heavy atom. The molecule has 0 aliphatic rings. The van der Waals surface area contributed by atoms with Crippen LogP contribution in [0.3, 0.4) is 0 Å². The Morgan fingerprint density at radius 2 is 2.22 bits per heavy atom. The standard InChI is InChI=1S/C15H21N3/c1-4-16-13(3)14-7-9-18(10-14)11-15-12(2)6-5-8-17-15/h5-10,13,16H,4,11H2,1-3H3. The summed E-state index contributed by atoms with van der Waals surface area (Å²) in [4.78, 5) is 4.43. The van der Waals surface area contributed by atoms with E-state index in [0.717, 1.165) is 18.8 Å². The molecule has 0 radical (unpaired) electrons. The fourth-order valence-electron chi connectivity index (χ4n) is 2.09. The highest BCUT2D eigenvalue weighted by Crippen LogP contribution is 2.14. The first-order chi connectivity index (χ1) is 8.70. The van der Waals surface area contributed by atoms with E-state index < -0.39 is 0 Å². The quantitative estimate of drug-likeness (QED) is 0.875. The summed E-state index contributed by atoms with van der Waals surface area (Å²) in [5.74, 6) is 0. The molecule has 3 heteroatoms. The molecule has 0 aromatic carbocycles. The van der Waals surface area contributed by atoms with Gasteiger partial charge in [0.25, 0.3) is 0 Å². The summed E-state index contributed by atoms with van der Waals surface area (Å²) in [6.45, 7) is 8.26. The van der Waals surface area contributed by atoms with Crippen LogP contribution in [0.4, 0.5) is 0 Å². The molecule has 96 valence electrons. The molecule has 1 unspecified atom stereocenters. The van der Waals surface area contributed by atoms with Gasteiger partial charge in [0.15, 0.2) is 0 Å². The SMILES string of the molecule is CCNC(C)c1ccn(Cc2ncccc2C)c1. The van der Waals surface area contributed by atoms with Crippen LogP contribution < -0.4 is 5.32 Å². The monoisotopic (exact) mass is 243 g/mol. The molecule has 2 aromatic rings. The van der Waals surface area contributed by atoms with E-state index in [2.05, 4.69) is 60.2 Å². The summed E-state index contributed by atoms with van der Waals surface area (Å²) in [6, 6.07) is 6.66. The first-order valence-electron chi connectivity index (χ1n) is 6.50. The van der Waals surface area contributed by atoms with Gasteiger partial charge in [-0.15, -0.1) is 0 Å². The lowest BCUT2D eigenvalue weighted by molar-refractivity contribution is 0.596. The van der Waals surface area contributed by atoms with Gasteiger partial charge in [0, 0.05) is 24.6 Å². The van der Waals surface area contributed by atoms with Gasteiger partial charge in [-0.25, -0.2) is 0 Å². The molecule has 2 heterocycles. The van der Waals surface area contributed by atoms with Gasteiger partial charge in [0.05, 0.1) is 12.2 Å². The average molecular weight is 243 g/mol. The number of aryl methyl sites for hydroxylation is 1. The molecule has 0 saturated heterocycles. The van der Waals surface area contributed by atoms with Crippen LogP contribution in [-0.2, 0) is 6.54 Å². The highest BCUT2D eigenvalue weighted by Gasteiger charge is 2.06. The van der Waals surface area contributed by atoms with Crippen LogP contribution in [0.5, 0.6) is 0 Å². The fraction of sp³-hybridized carbons (Fsp3) is 0.400. The first kappa shape index (κ1) is 12.8. The molecule has 1 atom stereocenters. The van der Waals surface area contributed by atoms with Crippen molar-refractivity contribution in [2.24, 2.45) is 0 Å². The second-order valence-corrected chi connectivity index (χ2v) is 4.66. The molecule has 0 spiro atoms. The molecule has 0 aliphatic heterocycles. The zero-order chi connectivity index (χ0) is 13.0. The van der Waals surface area contributed by atoms with Gasteiger partial charge in [0.1, 0.15) is 0 Å². The molecule has 3 nitrogen and oxygen atoms in total. The van der Waals surface area contributed by atoms with Crippen molar-refractivity contribution in [3.05, 3.63) is 53.6 Å². The fourth-order valence-corrected chi connectivity index (χ4v) is 2.09. The highest BCUT2D eigenvalue weighted by molar-refractivity contribution is 5.20. The van der Waals surface area contributed by atoms with Crippen LogP contribution in [0.2, 0.25) is 0 Å². The van der Waals surface area contributed by atoms with E-state index in [1.165, 1.54) is 11.1 Å². The summed E-state index contributed by atoms with van der Waals surface area (Å²) in [6.07, 6.45) is 6.17.